The number of aliphatic carboxylic acids is 1. The van der Waals surface area contributed by atoms with E-state index < -0.39 is 18.0 Å². The van der Waals surface area contributed by atoms with Crippen LogP contribution in [0.25, 0.3) is 0 Å². The highest BCUT2D eigenvalue weighted by Crippen LogP contribution is 1.94. The summed E-state index contributed by atoms with van der Waals surface area (Å²) in [6.07, 6.45) is -0.133. The Hall–Kier alpha value is -1.79. The van der Waals surface area contributed by atoms with Gasteiger partial charge in [0.15, 0.2) is 0 Å². The third-order valence-corrected chi connectivity index (χ3v) is 1.77. The van der Waals surface area contributed by atoms with Gasteiger partial charge in [-0.1, -0.05) is 0 Å². The fourth-order valence-electron chi connectivity index (χ4n) is 0.979. The largest absolute Gasteiger partial charge is 0.481 e. The number of carbonyl (C=O) groups excluding carboxylic acids is 2. The van der Waals surface area contributed by atoms with Crippen LogP contribution in [0, 0.1) is 0 Å². The topological polar surface area (TPSA) is 113 Å². The van der Waals surface area contributed by atoms with E-state index in [4.69, 9.17) is 10.8 Å². The molecular formula is C8H15N3O4. The van der Waals surface area contributed by atoms with Gasteiger partial charge >= 0.3 is 12.0 Å². The molecule has 7 nitrogen and oxygen atoms in total. The predicted molar refractivity (Wildman–Crippen MR) is 52.1 cm³/mol. The molecule has 0 aromatic heterocycles. The number of carboxylic acids is 1. The second-order valence-corrected chi connectivity index (χ2v) is 3.13. The predicted octanol–water partition coefficient (Wildman–Crippen LogP) is -1.02. The summed E-state index contributed by atoms with van der Waals surface area (Å²) in [7, 11) is 1.46. The average molecular weight is 217 g/mol. The Morgan fingerprint density at radius 2 is 2.00 bits per heavy atom. The van der Waals surface area contributed by atoms with Gasteiger partial charge in [-0.05, 0) is 6.92 Å². The molecule has 0 rings (SSSR count). The summed E-state index contributed by atoms with van der Waals surface area (Å²) in [5, 5.41) is 10.6. The molecule has 1 unspecified atom stereocenters. The number of nitrogens with one attached hydrogen (secondary N) is 1. The lowest BCUT2D eigenvalue weighted by atomic mass is 10.3. The van der Waals surface area contributed by atoms with Gasteiger partial charge in [-0.2, -0.15) is 0 Å². The van der Waals surface area contributed by atoms with Crippen molar-refractivity contribution in [3.05, 3.63) is 0 Å². The molecule has 0 heterocycles. The van der Waals surface area contributed by atoms with Crippen molar-refractivity contribution < 1.29 is 19.5 Å². The molecule has 0 aliphatic carbocycles. The first kappa shape index (κ1) is 13.2. The smallest absolute Gasteiger partial charge is 0.312 e. The minimum Gasteiger partial charge on any atom is -0.481 e. The normalized spacial score (nSPS) is 11.6. The third kappa shape index (κ3) is 5.50. The van der Waals surface area contributed by atoms with Gasteiger partial charge in [-0.25, -0.2) is 4.79 Å². The van der Waals surface area contributed by atoms with E-state index >= 15 is 0 Å². The van der Waals surface area contributed by atoms with E-state index in [9.17, 15) is 14.4 Å². The summed E-state index contributed by atoms with van der Waals surface area (Å²) >= 11 is 0. The third-order valence-electron chi connectivity index (χ3n) is 1.77. The second kappa shape index (κ2) is 5.84. The summed E-state index contributed by atoms with van der Waals surface area (Å²) in [6, 6.07) is -1.54. The van der Waals surface area contributed by atoms with Crippen molar-refractivity contribution >= 4 is 17.9 Å². The number of primary amides is 1. The summed E-state index contributed by atoms with van der Waals surface area (Å²) in [5.74, 6) is -1.36. The standard InChI is InChI=1S/C8H15N3O4/c1-5(10-8(9)15)7(14)11(2)4-3-6(12)13/h5H,3-4H2,1-2H3,(H,12,13)(H3,9,10,15). The van der Waals surface area contributed by atoms with Crippen LogP contribution in [-0.4, -0.2) is 47.5 Å². The van der Waals surface area contributed by atoms with Gasteiger partial charge in [0.2, 0.25) is 5.91 Å². The van der Waals surface area contributed by atoms with E-state index in [1.165, 1.54) is 18.9 Å². The van der Waals surface area contributed by atoms with Crippen LogP contribution in [-0.2, 0) is 9.59 Å². The molecule has 7 heteroatoms. The Labute approximate surface area is 87.2 Å². The molecule has 0 spiro atoms. The van der Waals surface area contributed by atoms with Gasteiger partial charge in [0, 0.05) is 13.6 Å². The first-order chi connectivity index (χ1) is 6.84. The van der Waals surface area contributed by atoms with Gasteiger partial charge in [0.1, 0.15) is 6.04 Å². The molecule has 86 valence electrons. The maximum atomic E-state index is 11.5. The number of hydrogen-bond acceptors (Lipinski definition) is 3. The summed E-state index contributed by atoms with van der Waals surface area (Å²) in [4.78, 5) is 33.4. The lowest BCUT2D eigenvalue weighted by Gasteiger charge is -2.20. The number of rotatable bonds is 5. The highest BCUT2D eigenvalue weighted by atomic mass is 16.4. The number of urea groups is 1. The Morgan fingerprint density at radius 3 is 2.40 bits per heavy atom. The number of carboxylic acid groups (broad SMARTS) is 1. The van der Waals surface area contributed by atoms with Crippen molar-refractivity contribution in [2.75, 3.05) is 13.6 Å². The number of likely N-dealkylation sites (N-methyl/N-ethyl adjacent to an activating group) is 1. The van der Waals surface area contributed by atoms with Crippen molar-refractivity contribution in [3.63, 3.8) is 0 Å². The van der Waals surface area contributed by atoms with E-state index in [-0.39, 0.29) is 18.9 Å². The van der Waals surface area contributed by atoms with Crippen LogP contribution in [0.2, 0.25) is 0 Å². The van der Waals surface area contributed by atoms with Crippen LogP contribution in [0.5, 0.6) is 0 Å². The second-order valence-electron chi connectivity index (χ2n) is 3.13. The molecule has 0 aliphatic heterocycles. The molecule has 0 fully saturated rings. The molecule has 0 aromatic rings. The zero-order valence-corrected chi connectivity index (χ0v) is 8.69. The monoisotopic (exact) mass is 217 g/mol. The maximum absolute atomic E-state index is 11.5. The van der Waals surface area contributed by atoms with E-state index in [0.29, 0.717) is 0 Å². The van der Waals surface area contributed by atoms with Gasteiger partial charge in [-0.15, -0.1) is 0 Å². The zero-order valence-electron chi connectivity index (χ0n) is 8.69. The molecule has 1 atom stereocenters. The van der Waals surface area contributed by atoms with Crippen molar-refractivity contribution in [1.29, 1.82) is 0 Å². The van der Waals surface area contributed by atoms with Crippen molar-refractivity contribution in [1.82, 2.24) is 10.2 Å². The summed E-state index contributed by atoms with van der Waals surface area (Å²) in [6.45, 7) is 1.57. The summed E-state index contributed by atoms with van der Waals surface area (Å²) < 4.78 is 0. The average Bonchev–Trinajstić information content (AvgIpc) is 2.11. The van der Waals surface area contributed by atoms with E-state index in [2.05, 4.69) is 5.32 Å². The van der Waals surface area contributed by atoms with Gasteiger partial charge in [0.25, 0.3) is 0 Å². The number of nitrogens with zero attached hydrogens (tertiary/aromatic N) is 1. The number of hydrogen-bond donors (Lipinski definition) is 3. The molecule has 15 heavy (non-hydrogen) atoms. The first-order valence-corrected chi connectivity index (χ1v) is 4.37. The summed E-state index contributed by atoms with van der Waals surface area (Å²) in [5.41, 5.74) is 4.84. The Morgan fingerprint density at radius 1 is 1.47 bits per heavy atom. The van der Waals surface area contributed by atoms with E-state index in [1.54, 1.807) is 0 Å². The minimum atomic E-state index is -0.981. The number of amides is 3. The molecule has 0 aliphatic rings. The van der Waals surface area contributed by atoms with Crippen LogP contribution in [0.1, 0.15) is 13.3 Å². The van der Waals surface area contributed by atoms with Crippen LogP contribution >= 0.6 is 0 Å². The molecule has 0 saturated carbocycles. The molecule has 0 saturated heterocycles. The van der Waals surface area contributed by atoms with Crippen LogP contribution in [0.15, 0.2) is 0 Å². The van der Waals surface area contributed by atoms with Crippen molar-refractivity contribution in [2.45, 2.75) is 19.4 Å². The van der Waals surface area contributed by atoms with Crippen LogP contribution in [0.3, 0.4) is 0 Å². The Bertz CT molecular complexity index is 267. The fraction of sp³-hybridized carbons (Fsp3) is 0.625. The fourth-order valence-corrected chi connectivity index (χ4v) is 0.979. The quantitative estimate of drug-likeness (QED) is 0.546. The van der Waals surface area contributed by atoms with E-state index in [1.807, 2.05) is 0 Å². The van der Waals surface area contributed by atoms with Crippen LogP contribution < -0.4 is 11.1 Å². The maximum Gasteiger partial charge on any atom is 0.312 e. The van der Waals surface area contributed by atoms with Gasteiger partial charge in [0.05, 0.1) is 6.42 Å². The molecular weight excluding hydrogens is 202 g/mol. The lowest BCUT2D eigenvalue weighted by molar-refractivity contribution is -0.138. The van der Waals surface area contributed by atoms with Crippen molar-refractivity contribution in [3.8, 4) is 0 Å². The Kier molecular flexibility index (Phi) is 5.14. The van der Waals surface area contributed by atoms with E-state index in [0.717, 1.165) is 0 Å². The zero-order chi connectivity index (χ0) is 12.0. The highest BCUT2D eigenvalue weighted by molar-refractivity contribution is 5.86. The van der Waals surface area contributed by atoms with Crippen molar-refractivity contribution in [2.24, 2.45) is 5.73 Å². The molecule has 3 amide bonds. The molecule has 0 radical (unpaired) electrons. The molecule has 4 N–H and O–H groups in total. The number of nitrogens with two attached hydrogens (primary N) is 1. The Balaban J connectivity index is 4.07. The van der Waals surface area contributed by atoms with Crippen LogP contribution in [0.4, 0.5) is 4.79 Å². The lowest BCUT2D eigenvalue weighted by Crippen LogP contribution is -2.47. The van der Waals surface area contributed by atoms with Gasteiger partial charge < -0.3 is 21.1 Å². The first-order valence-electron chi connectivity index (χ1n) is 4.37. The molecule has 0 bridgehead atoms. The van der Waals surface area contributed by atoms with Gasteiger partial charge in [-0.3, -0.25) is 9.59 Å². The highest BCUT2D eigenvalue weighted by Gasteiger charge is 2.18. The minimum absolute atomic E-state index is 0.0962. The molecule has 0 aromatic carbocycles. The number of carbonyl (C=O) groups is 3. The SMILES string of the molecule is CC(NC(N)=O)C(=O)N(C)CCC(=O)O.